The van der Waals surface area contributed by atoms with Gasteiger partial charge in [-0.3, -0.25) is 9.59 Å². The van der Waals surface area contributed by atoms with Gasteiger partial charge in [-0.25, -0.2) is 0 Å². The molecule has 0 aliphatic rings. The lowest BCUT2D eigenvalue weighted by Crippen LogP contribution is -2.01. The fourth-order valence-electron chi connectivity index (χ4n) is 1.80. The van der Waals surface area contributed by atoms with E-state index in [1.807, 2.05) is 60.7 Å². The zero-order valence-corrected chi connectivity index (χ0v) is 11.6. The van der Waals surface area contributed by atoms with E-state index in [2.05, 4.69) is 0 Å². The second-order valence-corrected chi connectivity index (χ2v) is 4.60. The van der Waals surface area contributed by atoms with Crippen LogP contribution in [0.2, 0.25) is 0 Å². The van der Waals surface area contributed by atoms with Gasteiger partial charge in [0.1, 0.15) is 0 Å². The molecule has 0 saturated carbocycles. The van der Waals surface area contributed by atoms with E-state index in [0.717, 1.165) is 11.1 Å². The van der Waals surface area contributed by atoms with E-state index in [1.54, 1.807) is 12.2 Å². The number of carbonyl (C=O) groups is 2. The van der Waals surface area contributed by atoms with Gasteiger partial charge in [-0.05, 0) is 23.3 Å². The molecular formula is C19H16O2. The summed E-state index contributed by atoms with van der Waals surface area (Å²) in [5, 5.41) is 0. The van der Waals surface area contributed by atoms with E-state index in [0.29, 0.717) is 0 Å². The Hall–Kier alpha value is -2.74. The lowest BCUT2D eigenvalue weighted by molar-refractivity contribution is -0.121. The van der Waals surface area contributed by atoms with E-state index >= 15 is 0 Å². The monoisotopic (exact) mass is 276 g/mol. The molecular weight excluding hydrogens is 260 g/mol. The molecule has 2 nitrogen and oxygen atoms in total. The number of hydrogen-bond acceptors (Lipinski definition) is 2. The third kappa shape index (κ3) is 5.41. The maximum absolute atomic E-state index is 11.7. The van der Waals surface area contributed by atoms with Gasteiger partial charge in [0.25, 0.3) is 0 Å². The lowest BCUT2D eigenvalue weighted by Gasteiger charge is -1.93. The van der Waals surface area contributed by atoms with Crippen LogP contribution in [0.25, 0.3) is 12.2 Å². The van der Waals surface area contributed by atoms with E-state index < -0.39 is 0 Å². The predicted octanol–water partition coefficient (Wildman–Crippen LogP) is 3.94. The van der Waals surface area contributed by atoms with Crippen LogP contribution in [-0.4, -0.2) is 11.6 Å². The summed E-state index contributed by atoms with van der Waals surface area (Å²) in [7, 11) is 0. The van der Waals surface area contributed by atoms with Gasteiger partial charge in [-0.2, -0.15) is 0 Å². The summed E-state index contributed by atoms with van der Waals surface area (Å²) >= 11 is 0. The van der Waals surface area contributed by atoms with Gasteiger partial charge in [0.2, 0.25) is 0 Å². The standard InChI is InChI=1S/C19H16O2/c20-18(13-11-16-7-3-1-4-8-16)15-19(21)14-12-17-9-5-2-6-10-17/h1-14H,15H2/b13-11-,14-12-. The van der Waals surface area contributed by atoms with Gasteiger partial charge in [-0.15, -0.1) is 0 Å². The zero-order valence-electron chi connectivity index (χ0n) is 11.6. The molecule has 21 heavy (non-hydrogen) atoms. The van der Waals surface area contributed by atoms with Crippen molar-refractivity contribution >= 4 is 23.7 Å². The molecule has 0 unspecified atom stereocenters. The Kier molecular flexibility index (Phi) is 5.41. The average molecular weight is 276 g/mol. The van der Waals surface area contributed by atoms with E-state index in [1.165, 1.54) is 12.2 Å². The number of benzene rings is 2. The molecule has 0 saturated heterocycles. The van der Waals surface area contributed by atoms with Crippen molar-refractivity contribution in [1.82, 2.24) is 0 Å². The lowest BCUT2D eigenvalue weighted by atomic mass is 10.1. The van der Waals surface area contributed by atoms with E-state index in [-0.39, 0.29) is 18.0 Å². The SMILES string of the molecule is O=C(/C=C\c1ccccc1)CC(=O)/C=C\c1ccccc1. The molecule has 0 atom stereocenters. The molecule has 2 rings (SSSR count). The molecule has 2 aromatic rings. The summed E-state index contributed by atoms with van der Waals surface area (Å²) in [5.41, 5.74) is 1.89. The highest BCUT2D eigenvalue weighted by Gasteiger charge is 2.03. The first-order chi connectivity index (χ1) is 10.2. The van der Waals surface area contributed by atoms with Crippen molar-refractivity contribution in [2.75, 3.05) is 0 Å². The smallest absolute Gasteiger partial charge is 0.163 e. The van der Waals surface area contributed by atoms with Crippen LogP contribution in [0.1, 0.15) is 17.5 Å². The van der Waals surface area contributed by atoms with Crippen LogP contribution < -0.4 is 0 Å². The molecule has 0 radical (unpaired) electrons. The normalized spacial score (nSPS) is 11.0. The van der Waals surface area contributed by atoms with Crippen LogP contribution in [0.15, 0.2) is 72.8 Å². The van der Waals surface area contributed by atoms with Crippen molar-refractivity contribution < 1.29 is 9.59 Å². The quantitative estimate of drug-likeness (QED) is 0.591. The number of carbonyl (C=O) groups excluding carboxylic acids is 2. The minimum Gasteiger partial charge on any atom is -0.294 e. The highest BCUT2D eigenvalue weighted by atomic mass is 16.1. The molecule has 0 fully saturated rings. The van der Waals surface area contributed by atoms with Crippen LogP contribution in [-0.2, 0) is 9.59 Å². The zero-order chi connectivity index (χ0) is 14.9. The largest absolute Gasteiger partial charge is 0.294 e. The molecule has 0 aliphatic carbocycles. The van der Waals surface area contributed by atoms with Crippen molar-refractivity contribution in [3.63, 3.8) is 0 Å². The van der Waals surface area contributed by atoms with Crippen LogP contribution in [0.5, 0.6) is 0 Å². The minimum absolute atomic E-state index is 0.104. The van der Waals surface area contributed by atoms with Gasteiger partial charge in [0, 0.05) is 0 Å². The predicted molar refractivity (Wildman–Crippen MR) is 85.6 cm³/mol. The van der Waals surface area contributed by atoms with Gasteiger partial charge in [0.15, 0.2) is 11.6 Å². The van der Waals surface area contributed by atoms with Crippen LogP contribution in [0, 0.1) is 0 Å². The Balaban J connectivity index is 1.87. The highest BCUT2D eigenvalue weighted by molar-refractivity contribution is 6.10. The fourth-order valence-corrected chi connectivity index (χ4v) is 1.80. The number of allylic oxidation sites excluding steroid dienone is 2. The van der Waals surface area contributed by atoms with Crippen molar-refractivity contribution in [2.24, 2.45) is 0 Å². The Morgan fingerprint density at radius 1 is 0.667 bits per heavy atom. The van der Waals surface area contributed by atoms with Gasteiger partial charge >= 0.3 is 0 Å². The van der Waals surface area contributed by atoms with Gasteiger partial charge in [0.05, 0.1) is 6.42 Å². The molecule has 0 spiro atoms. The second kappa shape index (κ2) is 7.75. The first kappa shape index (κ1) is 14.7. The molecule has 2 heteroatoms. The van der Waals surface area contributed by atoms with Crippen molar-refractivity contribution in [1.29, 1.82) is 0 Å². The Bertz CT molecular complexity index is 593. The minimum atomic E-state index is -0.193. The molecule has 0 amide bonds. The molecule has 0 aliphatic heterocycles. The maximum Gasteiger partial charge on any atom is 0.163 e. The number of ketones is 2. The third-order valence-electron chi connectivity index (χ3n) is 2.87. The Labute approximate surface area is 124 Å². The van der Waals surface area contributed by atoms with Crippen LogP contribution in [0.4, 0.5) is 0 Å². The van der Waals surface area contributed by atoms with Crippen molar-refractivity contribution in [2.45, 2.75) is 6.42 Å². The number of rotatable bonds is 6. The topological polar surface area (TPSA) is 34.1 Å². The fraction of sp³-hybridized carbons (Fsp3) is 0.0526. The Morgan fingerprint density at radius 3 is 1.43 bits per heavy atom. The van der Waals surface area contributed by atoms with Crippen molar-refractivity contribution in [3.8, 4) is 0 Å². The van der Waals surface area contributed by atoms with Crippen molar-refractivity contribution in [3.05, 3.63) is 83.9 Å². The van der Waals surface area contributed by atoms with Gasteiger partial charge < -0.3 is 0 Å². The van der Waals surface area contributed by atoms with Crippen LogP contribution in [0.3, 0.4) is 0 Å². The second-order valence-electron chi connectivity index (χ2n) is 4.60. The third-order valence-corrected chi connectivity index (χ3v) is 2.87. The molecule has 0 aromatic heterocycles. The summed E-state index contributed by atoms with van der Waals surface area (Å²) in [6.45, 7) is 0. The first-order valence-corrected chi connectivity index (χ1v) is 6.76. The molecule has 2 aromatic carbocycles. The van der Waals surface area contributed by atoms with E-state index in [4.69, 9.17) is 0 Å². The van der Waals surface area contributed by atoms with Crippen LogP contribution >= 0.6 is 0 Å². The Morgan fingerprint density at radius 2 is 1.05 bits per heavy atom. The summed E-state index contributed by atoms with van der Waals surface area (Å²) < 4.78 is 0. The van der Waals surface area contributed by atoms with Gasteiger partial charge in [-0.1, -0.05) is 72.8 Å². The average Bonchev–Trinajstić information content (AvgIpc) is 2.53. The summed E-state index contributed by atoms with van der Waals surface area (Å²) in [6.07, 6.45) is 6.23. The van der Waals surface area contributed by atoms with E-state index in [9.17, 15) is 9.59 Å². The molecule has 0 bridgehead atoms. The number of hydrogen-bond donors (Lipinski definition) is 0. The highest BCUT2D eigenvalue weighted by Crippen LogP contribution is 2.04. The first-order valence-electron chi connectivity index (χ1n) is 6.76. The summed E-state index contributed by atoms with van der Waals surface area (Å²) in [5.74, 6) is -0.386. The maximum atomic E-state index is 11.7. The molecule has 104 valence electrons. The summed E-state index contributed by atoms with van der Waals surface area (Å²) in [4.78, 5) is 23.4. The molecule has 0 heterocycles. The summed E-state index contributed by atoms with van der Waals surface area (Å²) in [6, 6.07) is 19.0. The molecule has 0 N–H and O–H groups in total.